The van der Waals surface area contributed by atoms with E-state index in [-0.39, 0.29) is 11.5 Å². The minimum Gasteiger partial charge on any atom is -0.490 e. The summed E-state index contributed by atoms with van der Waals surface area (Å²) in [6.45, 7) is 6.80. The van der Waals surface area contributed by atoms with Gasteiger partial charge in [-0.25, -0.2) is 4.98 Å². The van der Waals surface area contributed by atoms with Crippen LogP contribution < -0.4 is 15.2 Å². The molecule has 1 aromatic carbocycles. The molecule has 1 amide bonds. The topological polar surface area (TPSA) is 80.1 Å². The van der Waals surface area contributed by atoms with Crippen LogP contribution in [0.1, 0.15) is 9.67 Å². The molecule has 6 rings (SSSR count). The van der Waals surface area contributed by atoms with Crippen molar-refractivity contribution in [2.45, 2.75) is 0 Å². The molecule has 4 aromatic rings. The van der Waals surface area contributed by atoms with Gasteiger partial charge in [0, 0.05) is 64.4 Å². The number of thiophene rings is 1. The van der Waals surface area contributed by atoms with Crippen LogP contribution in [0.25, 0.3) is 21.0 Å². The van der Waals surface area contributed by atoms with Crippen molar-refractivity contribution in [3.63, 3.8) is 0 Å². The summed E-state index contributed by atoms with van der Waals surface area (Å²) >= 11 is 1.37. The smallest absolute Gasteiger partial charge is 0.267 e. The van der Waals surface area contributed by atoms with E-state index in [1.165, 1.54) is 11.3 Å². The predicted octanol–water partition coefficient (Wildman–Crippen LogP) is 2.82. The van der Waals surface area contributed by atoms with Crippen LogP contribution in [0.15, 0.2) is 53.5 Å². The van der Waals surface area contributed by atoms with Crippen LogP contribution in [0.3, 0.4) is 0 Å². The minimum atomic E-state index is -0.143. The number of carbonyl (C=O) groups is 1. The molecule has 2 saturated heterocycles. The number of aromatic nitrogens is 2. The van der Waals surface area contributed by atoms with Crippen molar-refractivity contribution in [3.05, 3.63) is 63.9 Å². The third kappa shape index (κ3) is 4.63. The minimum absolute atomic E-state index is 0.0839. The Morgan fingerprint density at radius 2 is 1.79 bits per heavy atom. The summed E-state index contributed by atoms with van der Waals surface area (Å²) in [7, 11) is 1.78. The van der Waals surface area contributed by atoms with Crippen LogP contribution in [0, 0.1) is 0 Å². The number of benzene rings is 1. The molecule has 198 valence electrons. The van der Waals surface area contributed by atoms with E-state index in [4.69, 9.17) is 9.47 Å². The fourth-order valence-corrected chi connectivity index (χ4v) is 6.48. The number of rotatable bonds is 6. The molecule has 0 aliphatic carbocycles. The van der Waals surface area contributed by atoms with Gasteiger partial charge >= 0.3 is 0 Å². The van der Waals surface area contributed by atoms with Gasteiger partial charge in [-0.1, -0.05) is 24.3 Å². The number of amides is 1. The Balaban J connectivity index is 1.32. The van der Waals surface area contributed by atoms with Gasteiger partial charge in [0.05, 0.1) is 23.4 Å². The van der Waals surface area contributed by atoms with E-state index in [2.05, 4.69) is 14.8 Å². The highest BCUT2D eigenvalue weighted by Crippen LogP contribution is 2.40. The van der Waals surface area contributed by atoms with Gasteiger partial charge in [0.1, 0.15) is 22.7 Å². The SMILES string of the molecule is Cn1c(=O)c2c(OCCN3CCOCC3)c(C(=O)N3CCN(c4ccccn4)CC3)sc2c2ccccc21. The van der Waals surface area contributed by atoms with E-state index in [0.717, 1.165) is 34.5 Å². The summed E-state index contributed by atoms with van der Waals surface area (Å²) in [5.41, 5.74) is 0.699. The summed E-state index contributed by atoms with van der Waals surface area (Å²) < 4.78 is 14.2. The molecule has 38 heavy (non-hydrogen) atoms. The Labute approximate surface area is 224 Å². The first kappa shape index (κ1) is 24.8. The maximum Gasteiger partial charge on any atom is 0.267 e. The van der Waals surface area contributed by atoms with Crippen molar-refractivity contribution >= 4 is 44.1 Å². The molecule has 0 N–H and O–H groups in total. The van der Waals surface area contributed by atoms with Gasteiger partial charge in [0.25, 0.3) is 11.5 Å². The second-order valence-electron chi connectivity index (χ2n) is 9.62. The van der Waals surface area contributed by atoms with Crippen LogP contribution in [0.5, 0.6) is 5.75 Å². The van der Waals surface area contributed by atoms with E-state index in [9.17, 15) is 9.59 Å². The van der Waals surface area contributed by atoms with Crippen molar-refractivity contribution in [3.8, 4) is 5.75 Å². The van der Waals surface area contributed by atoms with Gasteiger partial charge in [-0.2, -0.15) is 0 Å². The summed E-state index contributed by atoms with van der Waals surface area (Å²) in [6, 6.07) is 13.7. The second-order valence-corrected chi connectivity index (χ2v) is 10.6. The zero-order valence-corrected chi connectivity index (χ0v) is 22.3. The molecule has 2 fully saturated rings. The number of nitrogens with zero attached hydrogens (tertiary/aromatic N) is 5. The van der Waals surface area contributed by atoms with Crippen LogP contribution in [-0.2, 0) is 11.8 Å². The number of hydrogen-bond acceptors (Lipinski definition) is 8. The first-order chi connectivity index (χ1) is 18.6. The lowest BCUT2D eigenvalue weighted by Gasteiger charge is -2.35. The molecule has 5 heterocycles. The number of morpholine rings is 1. The molecule has 0 unspecified atom stereocenters. The number of fused-ring (bicyclic) bond motifs is 3. The summed E-state index contributed by atoms with van der Waals surface area (Å²) in [5, 5.41) is 1.44. The largest absolute Gasteiger partial charge is 0.490 e. The summed E-state index contributed by atoms with van der Waals surface area (Å²) in [5.74, 6) is 1.25. The average Bonchev–Trinajstić information content (AvgIpc) is 3.36. The predicted molar refractivity (Wildman–Crippen MR) is 150 cm³/mol. The van der Waals surface area contributed by atoms with Gasteiger partial charge in [-0.05, 0) is 18.2 Å². The normalized spacial score (nSPS) is 16.9. The zero-order valence-electron chi connectivity index (χ0n) is 21.5. The van der Waals surface area contributed by atoms with Gasteiger partial charge in [-0.15, -0.1) is 11.3 Å². The van der Waals surface area contributed by atoms with Crippen molar-refractivity contribution in [1.82, 2.24) is 19.4 Å². The van der Waals surface area contributed by atoms with Gasteiger partial charge in [0.2, 0.25) is 0 Å². The fourth-order valence-electron chi connectivity index (χ4n) is 5.24. The molecular weight excluding hydrogens is 502 g/mol. The third-order valence-electron chi connectivity index (χ3n) is 7.39. The molecule has 0 spiro atoms. The Bertz CT molecular complexity index is 1500. The standard InChI is InChI=1S/C28H31N5O4S/c1-30-21-7-3-2-6-20(21)25-23(27(30)34)24(37-19-16-31-14-17-36-18-15-31)26(38-25)28(35)33-12-10-32(11-13-33)22-8-4-5-9-29-22/h2-9H,10-19H2,1H3. The molecular formula is C28H31N5O4S. The highest BCUT2D eigenvalue weighted by atomic mass is 32.1. The number of para-hydroxylation sites is 1. The molecule has 0 radical (unpaired) electrons. The van der Waals surface area contributed by atoms with Crippen LogP contribution >= 0.6 is 11.3 Å². The van der Waals surface area contributed by atoms with E-state index in [0.29, 0.717) is 68.6 Å². The monoisotopic (exact) mass is 533 g/mol. The van der Waals surface area contributed by atoms with E-state index in [1.54, 1.807) is 17.8 Å². The molecule has 2 aliphatic rings. The Kier molecular flexibility index (Phi) is 7.01. The van der Waals surface area contributed by atoms with Crippen LogP contribution in [0.2, 0.25) is 0 Å². The number of piperazine rings is 1. The van der Waals surface area contributed by atoms with Gasteiger partial charge in [-0.3, -0.25) is 14.5 Å². The lowest BCUT2D eigenvalue weighted by Crippen LogP contribution is -2.49. The zero-order chi connectivity index (χ0) is 26.1. The first-order valence-corrected chi connectivity index (χ1v) is 13.9. The average molecular weight is 534 g/mol. The highest BCUT2D eigenvalue weighted by molar-refractivity contribution is 7.22. The van der Waals surface area contributed by atoms with Gasteiger partial charge in [0.15, 0.2) is 5.75 Å². The molecule has 2 aliphatic heterocycles. The quantitative estimate of drug-likeness (QED) is 0.377. The molecule has 9 nitrogen and oxygen atoms in total. The number of aryl methyl sites for hydroxylation is 1. The summed E-state index contributed by atoms with van der Waals surface area (Å²) in [6.07, 6.45) is 1.79. The van der Waals surface area contributed by atoms with E-state index < -0.39 is 0 Å². The van der Waals surface area contributed by atoms with Crippen molar-refractivity contribution in [2.24, 2.45) is 7.05 Å². The molecule has 10 heteroatoms. The fraction of sp³-hybridized carbons (Fsp3) is 0.393. The maximum absolute atomic E-state index is 13.9. The second kappa shape index (κ2) is 10.7. The van der Waals surface area contributed by atoms with Crippen LogP contribution in [-0.4, -0.2) is 90.9 Å². The Morgan fingerprint density at radius 3 is 2.55 bits per heavy atom. The first-order valence-electron chi connectivity index (χ1n) is 13.0. The van der Waals surface area contributed by atoms with Crippen molar-refractivity contribution in [1.29, 1.82) is 0 Å². The molecule has 0 saturated carbocycles. The van der Waals surface area contributed by atoms with E-state index >= 15 is 0 Å². The van der Waals surface area contributed by atoms with E-state index in [1.807, 2.05) is 47.4 Å². The Morgan fingerprint density at radius 1 is 1.03 bits per heavy atom. The number of anilines is 1. The highest BCUT2D eigenvalue weighted by Gasteiger charge is 2.30. The molecule has 0 atom stereocenters. The maximum atomic E-state index is 13.9. The van der Waals surface area contributed by atoms with Crippen LogP contribution in [0.4, 0.5) is 5.82 Å². The molecule has 0 bridgehead atoms. The third-order valence-corrected chi connectivity index (χ3v) is 8.58. The number of ether oxygens (including phenoxy) is 2. The number of carbonyl (C=O) groups excluding carboxylic acids is 1. The summed E-state index contributed by atoms with van der Waals surface area (Å²) in [4.78, 5) is 38.8. The Hall–Kier alpha value is -3.47. The lowest BCUT2D eigenvalue weighted by atomic mass is 10.1. The lowest BCUT2D eigenvalue weighted by molar-refractivity contribution is 0.0323. The number of pyridine rings is 2. The van der Waals surface area contributed by atoms with Crippen molar-refractivity contribution in [2.75, 3.05) is 70.5 Å². The van der Waals surface area contributed by atoms with Crippen molar-refractivity contribution < 1.29 is 14.3 Å². The number of hydrogen-bond donors (Lipinski definition) is 0. The van der Waals surface area contributed by atoms with Gasteiger partial charge < -0.3 is 23.8 Å². The molecule has 3 aromatic heterocycles.